The zero-order valence-electron chi connectivity index (χ0n) is 29.7. The number of ether oxygens (including phenoxy) is 3. The van der Waals surface area contributed by atoms with Gasteiger partial charge in [-0.3, -0.25) is 4.90 Å². The zero-order valence-corrected chi connectivity index (χ0v) is 29.7. The van der Waals surface area contributed by atoms with E-state index in [2.05, 4.69) is 97.6 Å². The Kier molecular flexibility index (Phi) is 11.2. The highest BCUT2D eigenvalue weighted by atomic mass is 16.6. The second kappa shape index (κ2) is 16.9. The van der Waals surface area contributed by atoms with E-state index in [9.17, 15) is 4.79 Å². The predicted molar refractivity (Wildman–Crippen MR) is 211 cm³/mol. The molecule has 0 radical (unpaired) electrons. The molecule has 0 saturated carbocycles. The third-order valence-electron chi connectivity index (χ3n) is 9.39. The lowest BCUT2D eigenvalue weighted by Crippen LogP contribution is -2.43. The zero-order chi connectivity index (χ0) is 36.3. The summed E-state index contributed by atoms with van der Waals surface area (Å²) in [7, 11) is 0. The lowest BCUT2D eigenvalue weighted by Gasteiger charge is -2.38. The average molecular weight is 696 g/mol. The van der Waals surface area contributed by atoms with E-state index in [0.29, 0.717) is 19.0 Å². The minimum absolute atomic E-state index is 0.0856. The lowest BCUT2D eigenvalue weighted by molar-refractivity contribution is 0.00318. The van der Waals surface area contributed by atoms with Crippen molar-refractivity contribution in [2.75, 3.05) is 18.1 Å². The summed E-state index contributed by atoms with van der Waals surface area (Å²) in [5.74, 6) is 6.90. The van der Waals surface area contributed by atoms with Crippen LogP contribution < -0.4 is 9.64 Å². The van der Waals surface area contributed by atoms with Crippen molar-refractivity contribution < 1.29 is 19.0 Å². The highest BCUT2D eigenvalue weighted by Crippen LogP contribution is 2.43. The van der Waals surface area contributed by atoms with E-state index in [1.54, 1.807) is 17.0 Å². The molecule has 2 atom stereocenters. The van der Waals surface area contributed by atoms with Crippen molar-refractivity contribution in [2.45, 2.75) is 25.2 Å². The van der Waals surface area contributed by atoms with E-state index < -0.39 is 17.7 Å². The van der Waals surface area contributed by atoms with Gasteiger partial charge in [0.25, 0.3) is 0 Å². The lowest BCUT2D eigenvalue weighted by atomic mass is 9.79. The smallest absolute Gasteiger partial charge is 0.410 e. The molecule has 0 unspecified atom stereocenters. The molecule has 6 aromatic rings. The van der Waals surface area contributed by atoms with E-state index in [-0.39, 0.29) is 12.5 Å². The third kappa shape index (κ3) is 8.00. The molecule has 1 aliphatic heterocycles. The largest absolute Gasteiger partial charge is 0.421 e. The molecule has 262 valence electrons. The van der Waals surface area contributed by atoms with Crippen molar-refractivity contribution in [3.05, 3.63) is 210 Å². The maximum Gasteiger partial charge on any atom is 0.421 e. The van der Waals surface area contributed by atoms with Crippen molar-refractivity contribution in [2.24, 2.45) is 5.92 Å². The van der Waals surface area contributed by atoms with Crippen LogP contribution in [0.3, 0.4) is 0 Å². The third-order valence-corrected chi connectivity index (χ3v) is 9.39. The van der Waals surface area contributed by atoms with Gasteiger partial charge in [-0.05, 0) is 52.1 Å². The molecule has 0 aliphatic carbocycles. The molecular weight excluding hydrogens is 655 g/mol. The monoisotopic (exact) mass is 695 g/mol. The quantitative estimate of drug-likeness (QED) is 0.0769. The Labute approximate surface area is 312 Å². The first kappa shape index (κ1) is 35.2. The van der Waals surface area contributed by atoms with Crippen molar-refractivity contribution in [3.63, 3.8) is 0 Å². The Morgan fingerprint density at radius 2 is 1.19 bits per heavy atom. The Morgan fingerprint density at radius 3 is 1.77 bits per heavy atom. The van der Waals surface area contributed by atoms with Crippen LogP contribution in [0.2, 0.25) is 0 Å². The van der Waals surface area contributed by atoms with Gasteiger partial charge in [0.2, 0.25) is 0 Å². The Morgan fingerprint density at radius 1 is 0.679 bits per heavy atom. The number of para-hydroxylation sites is 2. The van der Waals surface area contributed by atoms with Crippen LogP contribution in [-0.2, 0) is 21.7 Å². The van der Waals surface area contributed by atoms with Crippen LogP contribution in [0.4, 0.5) is 10.5 Å². The van der Waals surface area contributed by atoms with E-state index in [1.165, 1.54) is 0 Å². The molecule has 0 N–H and O–H groups in total. The van der Waals surface area contributed by atoms with Crippen molar-refractivity contribution >= 4 is 17.4 Å². The van der Waals surface area contributed by atoms with Gasteiger partial charge in [-0.2, -0.15) is 0 Å². The first-order valence-corrected chi connectivity index (χ1v) is 17.9. The number of nitrogens with zero attached hydrogens (tertiary/aromatic N) is 1. The molecule has 0 saturated heterocycles. The number of benzene rings is 6. The summed E-state index contributed by atoms with van der Waals surface area (Å²) in [4.78, 5) is 15.6. The summed E-state index contributed by atoms with van der Waals surface area (Å²) in [6.45, 7) is 3.21. The molecule has 1 amide bonds. The van der Waals surface area contributed by atoms with E-state index in [4.69, 9.17) is 14.2 Å². The molecule has 7 rings (SSSR count). The average Bonchev–Trinajstić information content (AvgIpc) is 3.22. The summed E-state index contributed by atoms with van der Waals surface area (Å²) in [5, 5.41) is 0. The van der Waals surface area contributed by atoms with Crippen LogP contribution >= 0.6 is 0 Å². The van der Waals surface area contributed by atoms with Gasteiger partial charge in [0.05, 0.1) is 18.9 Å². The Bertz CT molecular complexity index is 2080. The Balaban J connectivity index is 1.23. The number of carbonyl (C=O) groups excluding carboxylic acids is 1. The molecular formula is C48H41NO4. The minimum Gasteiger partial charge on any atom is -0.410 e. The SMILES string of the molecule is C[C@@H](COC(c1ccccc1)(c1ccccc1)c1ccccc1)C1=C[C@H](C#CCOCc2ccccc2)N(C(=O)Oc2ccccc2)c2ccccc21. The molecule has 5 nitrogen and oxygen atoms in total. The van der Waals surface area contributed by atoms with Gasteiger partial charge in [0, 0.05) is 11.5 Å². The molecule has 1 aliphatic rings. The summed E-state index contributed by atoms with van der Waals surface area (Å²) < 4.78 is 19.1. The number of hydrogen-bond acceptors (Lipinski definition) is 4. The molecule has 0 bridgehead atoms. The van der Waals surface area contributed by atoms with E-state index in [0.717, 1.165) is 39.1 Å². The fourth-order valence-corrected chi connectivity index (χ4v) is 6.85. The predicted octanol–water partition coefficient (Wildman–Crippen LogP) is 10.3. The number of fused-ring (bicyclic) bond motifs is 1. The fraction of sp³-hybridized carbons (Fsp3) is 0.146. The van der Waals surface area contributed by atoms with Crippen molar-refractivity contribution in [3.8, 4) is 17.6 Å². The van der Waals surface area contributed by atoms with E-state index in [1.807, 2.05) is 91.0 Å². The normalized spacial score (nSPS) is 14.2. The van der Waals surface area contributed by atoms with Gasteiger partial charge in [0.1, 0.15) is 24.0 Å². The first-order chi connectivity index (χ1) is 26.1. The summed E-state index contributed by atoms with van der Waals surface area (Å²) in [6.07, 6.45) is 1.56. The summed E-state index contributed by atoms with van der Waals surface area (Å²) >= 11 is 0. The van der Waals surface area contributed by atoms with Gasteiger partial charge < -0.3 is 14.2 Å². The minimum atomic E-state index is -0.867. The molecule has 0 aromatic heterocycles. The number of amides is 1. The number of anilines is 1. The van der Waals surface area contributed by atoms with Gasteiger partial charge in [0.15, 0.2) is 0 Å². The number of rotatable bonds is 11. The van der Waals surface area contributed by atoms with Crippen molar-refractivity contribution in [1.82, 2.24) is 0 Å². The highest BCUT2D eigenvalue weighted by molar-refractivity contribution is 5.98. The van der Waals surface area contributed by atoms with Crippen LogP contribution in [0, 0.1) is 17.8 Å². The van der Waals surface area contributed by atoms with Gasteiger partial charge in [-0.15, -0.1) is 0 Å². The fourth-order valence-electron chi connectivity index (χ4n) is 6.85. The number of hydrogen-bond donors (Lipinski definition) is 0. The van der Waals surface area contributed by atoms with Gasteiger partial charge in [-0.1, -0.05) is 176 Å². The Hall–Kier alpha value is -6.19. The van der Waals surface area contributed by atoms with E-state index >= 15 is 0 Å². The molecule has 1 heterocycles. The molecule has 0 fully saturated rings. The highest BCUT2D eigenvalue weighted by Gasteiger charge is 2.39. The van der Waals surface area contributed by atoms with Crippen LogP contribution in [0.25, 0.3) is 5.57 Å². The second-order valence-electron chi connectivity index (χ2n) is 12.9. The summed E-state index contributed by atoms with van der Waals surface area (Å²) in [5.41, 5.74) is 6.01. The standard InChI is InChI=1S/C48H41NO4/c1-37(35-52-48(39-22-9-3-10-23-39,40-24-11-4-12-25-40)41-26-13-5-14-27-41)45-34-42(28-19-33-51-36-38-20-7-2-8-21-38)49(46-32-18-17-31-44(45)46)47(50)53-43-29-15-6-16-30-43/h2-18,20-27,29-32,34,37,42H,33,35-36H2,1H3/t37-,42-/m0/s1. The topological polar surface area (TPSA) is 48.0 Å². The van der Waals surface area contributed by atoms with Crippen LogP contribution in [-0.4, -0.2) is 25.3 Å². The number of carbonyl (C=O) groups is 1. The van der Waals surface area contributed by atoms with Crippen molar-refractivity contribution in [1.29, 1.82) is 0 Å². The summed E-state index contributed by atoms with van der Waals surface area (Å²) in [6, 6.07) is 57.6. The van der Waals surface area contributed by atoms with Crippen LogP contribution in [0.15, 0.2) is 182 Å². The second-order valence-corrected chi connectivity index (χ2v) is 12.9. The maximum absolute atomic E-state index is 14.0. The van der Waals surface area contributed by atoms with Crippen LogP contribution in [0.1, 0.15) is 34.7 Å². The van der Waals surface area contributed by atoms with Crippen LogP contribution in [0.5, 0.6) is 5.75 Å². The molecule has 0 spiro atoms. The molecule has 53 heavy (non-hydrogen) atoms. The molecule has 5 heteroatoms. The maximum atomic E-state index is 14.0. The van der Waals surface area contributed by atoms with Gasteiger partial charge in [-0.25, -0.2) is 4.79 Å². The first-order valence-electron chi connectivity index (χ1n) is 17.9. The van der Waals surface area contributed by atoms with Gasteiger partial charge >= 0.3 is 6.09 Å². The molecule has 6 aromatic carbocycles.